The summed E-state index contributed by atoms with van der Waals surface area (Å²) in [5, 5.41) is 27.8. The van der Waals surface area contributed by atoms with Gasteiger partial charge in [0.2, 0.25) is 5.96 Å². The topological polar surface area (TPSA) is 155 Å². The lowest BCUT2D eigenvalue weighted by Gasteiger charge is -2.19. The van der Waals surface area contributed by atoms with E-state index in [4.69, 9.17) is 27.9 Å². The smallest absolute Gasteiger partial charge is 0.306 e. The predicted molar refractivity (Wildman–Crippen MR) is 112 cm³/mol. The molecule has 1 aromatic heterocycles. The van der Waals surface area contributed by atoms with Crippen molar-refractivity contribution < 1.29 is 23.1 Å². The molecule has 0 fully saturated rings. The van der Waals surface area contributed by atoms with Crippen molar-refractivity contribution in [2.24, 2.45) is 16.6 Å². The predicted octanol–water partition coefficient (Wildman–Crippen LogP) is 1.61. The van der Waals surface area contributed by atoms with Gasteiger partial charge in [0.1, 0.15) is 18.5 Å². The summed E-state index contributed by atoms with van der Waals surface area (Å²) in [5.41, 5.74) is 9.20. The second-order valence-corrected chi connectivity index (χ2v) is 6.94. The number of aromatic nitrogens is 1. The average molecular weight is 472 g/mol. The van der Waals surface area contributed by atoms with Gasteiger partial charge in [-0.2, -0.15) is 14.0 Å². The number of oxime groups is 1. The number of nitrogens with two attached hydrogens (primary N) is 2. The number of hydrogen-bond acceptors (Lipinski definition) is 7. The standard InChI is InChI=1S/C19H21ClF3N7O2/c20-12-2-4-15(28-9-12)19(22,23)10-29-14-3-1-11(8-24)13(17(14)21)7-16(31)27-5-6-32-30-18(25)26/h1-4,9,16,27,29,31H,5-7,10H2,(H4,25,26,30). The maximum atomic E-state index is 14.9. The summed E-state index contributed by atoms with van der Waals surface area (Å²) in [5.74, 6) is -4.61. The number of guanidine groups is 1. The number of aliphatic hydroxyl groups is 1. The molecule has 2 rings (SSSR count). The van der Waals surface area contributed by atoms with Crippen molar-refractivity contribution in [1.29, 1.82) is 5.26 Å². The first-order chi connectivity index (χ1) is 15.1. The van der Waals surface area contributed by atoms with E-state index in [1.54, 1.807) is 0 Å². The number of nitrogens with zero attached hydrogens (tertiary/aromatic N) is 3. The number of alkyl halides is 2. The average Bonchev–Trinajstić information content (AvgIpc) is 2.74. The molecule has 9 nitrogen and oxygen atoms in total. The number of benzene rings is 1. The summed E-state index contributed by atoms with van der Waals surface area (Å²) >= 11 is 5.66. The summed E-state index contributed by atoms with van der Waals surface area (Å²) in [7, 11) is 0. The van der Waals surface area contributed by atoms with E-state index in [0.717, 1.165) is 12.3 Å². The summed E-state index contributed by atoms with van der Waals surface area (Å²) in [4.78, 5) is 8.32. The molecule has 0 aliphatic rings. The largest absolute Gasteiger partial charge is 0.392 e. The zero-order valence-corrected chi connectivity index (χ0v) is 17.4. The van der Waals surface area contributed by atoms with Crippen molar-refractivity contribution in [3.8, 4) is 6.07 Å². The van der Waals surface area contributed by atoms with E-state index in [0.29, 0.717) is 0 Å². The Morgan fingerprint density at radius 1 is 1.34 bits per heavy atom. The molecular formula is C19H21ClF3N7O2. The van der Waals surface area contributed by atoms with Gasteiger partial charge < -0.3 is 26.7 Å². The van der Waals surface area contributed by atoms with Gasteiger partial charge >= 0.3 is 5.92 Å². The summed E-state index contributed by atoms with van der Waals surface area (Å²) in [6, 6.07) is 6.60. The zero-order chi connectivity index (χ0) is 23.7. The van der Waals surface area contributed by atoms with Gasteiger partial charge in [0.05, 0.1) is 28.9 Å². The number of aliphatic hydroxyl groups excluding tert-OH is 1. The van der Waals surface area contributed by atoms with Gasteiger partial charge in [0, 0.05) is 24.7 Å². The van der Waals surface area contributed by atoms with Crippen LogP contribution in [0.15, 0.2) is 35.6 Å². The molecule has 0 spiro atoms. The molecule has 0 saturated carbocycles. The van der Waals surface area contributed by atoms with E-state index < -0.39 is 30.2 Å². The van der Waals surface area contributed by atoms with E-state index in [-0.39, 0.29) is 47.4 Å². The van der Waals surface area contributed by atoms with E-state index in [2.05, 4.69) is 20.8 Å². The van der Waals surface area contributed by atoms with Crippen LogP contribution < -0.4 is 22.1 Å². The first-order valence-corrected chi connectivity index (χ1v) is 9.59. The molecule has 1 unspecified atom stereocenters. The second-order valence-electron chi connectivity index (χ2n) is 6.51. The Bertz CT molecular complexity index is 980. The monoisotopic (exact) mass is 471 g/mol. The highest BCUT2D eigenvalue weighted by Gasteiger charge is 2.33. The molecule has 32 heavy (non-hydrogen) atoms. The highest BCUT2D eigenvalue weighted by molar-refractivity contribution is 6.30. The molecule has 0 saturated heterocycles. The van der Waals surface area contributed by atoms with Gasteiger partial charge in [-0.25, -0.2) is 4.39 Å². The Balaban J connectivity index is 2.06. The van der Waals surface area contributed by atoms with Gasteiger partial charge in [0.25, 0.3) is 0 Å². The molecule has 2 aromatic rings. The van der Waals surface area contributed by atoms with Crippen molar-refractivity contribution in [2.45, 2.75) is 18.6 Å². The van der Waals surface area contributed by atoms with E-state index in [1.165, 1.54) is 18.2 Å². The van der Waals surface area contributed by atoms with E-state index in [1.807, 2.05) is 6.07 Å². The lowest BCUT2D eigenvalue weighted by Crippen LogP contribution is -2.34. The molecule has 0 aliphatic heterocycles. The molecule has 0 bridgehead atoms. The Hall–Kier alpha value is -3.27. The van der Waals surface area contributed by atoms with Gasteiger partial charge in [-0.05, 0) is 29.4 Å². The minimum atomic E-state index is -3.42. The molecule has 0 aliphatic carbocycles. The van der Waals surface area contributed by atoms with Crippen molar-refractivity contribution in [2.75, 3.05) is 25.0 Å². The van der Waals surface area contributed by atoms with Crippen molar-refractivity contribution in [3.63, 3.8) is 0 Å². The second kappa shape index (κ2) is 11.4. The van der Waals surface area contributed by atoms with Crippen LogP contribution in [0.5, 0.6) is 0 Å². The molecule has 7 N–H and O–H groups in total. The number of anilines is 1. The van der Waals surface area contributed by atoms with Crippen LogP contribution in [0.1, 0.15) is 16.8 Å². The molecule has 172 valence electrons. The molecular weight excluding hydrogens is 451 g/mol. The summed E-state index contributed by atoms with van der Waals surface area (Å²) in [6.07, 6.45) is -0.474. The van der Waals surface area contributed by atoms with Crippen LogP contribution in [0.25, 0.3) is 0 Å². The van der Waals surface area contributed by atoms with Gasteiger partial charge in [-0.3, -0.25) is 10.3 Å². The lowest BCUT2D eigenvalue weighted by atomic mass is 10.0. The third-order valence-electron chi connectivity index (χ3n) is 4.11. The normalized spacial score (nSPS) is 12.0. The number of pyridine rings is 1. The maximum Gasteiger partial charge on any atom is 0.306 e. The molecule has 1 atom stereocenters. The Morgan fingerprint density at radius 2 is 2.09 bits per heavy atom. The highest BCUT2D eigenvalue weighted by Crippen LogP contribution is 2.29. The van der Waals surface area contributed by atoms with Crippen LogP contribution in [0, 0.1) is 17.1 Å². The molecule has 1 heterocycles. The highest BCUT2D eigenvalue weighted by atomic mass is 35.5. The first kappa shape index (κ1) is 25.0. The zero-order valence-electron chi connectivity index (χ0n) is 16.7. The fourth-order valence-corrected chi connectivity index (χ4v) is 2.72. The molecule has 0 radical (unpaired) electrons. The summed E-state index contributed by atoms with van der Waals surface area (Å²) in [6.45, 7) is -0.829. The van der Waals surface area contributed by atoms with Gasteiger partial charge in [-0.1, -0.05) is 11.6 Å². The van der Waals surface area contributed by atoms with Crippen molar-refractivity contribution in [1.82, 2.24) is 10.3 Å². The Morgan fingerprint density at radius 3 is 2.72 bits per heavy atom. The van der Waals surface area contributed by atoms with Crippen LogP contribution in [0.2, 0.25) is 5.02 Å². The van der Waals surface area contributed by atoms with Crippen LogP contribution in [-0.4, -0.2) is 42.0 Å². The third kappa shape index (κ3) is 7.16. The number of hydrogen-bond donors (Lipinski definition) is 5. The molecule has 1 aromatic carbocycles. The molecule has 0 amide bonds. The van der Waals surface area contributed by atoms with Crippen LogP contribution in [0.4, 0.5) is 18.9 Å². The number of nitrogens with one attached hydrogen (secondary N) is 2. The Labute approximate surface area is 186 Å². The van der Waals surface area contributed by atoms with Gasteiger partial charge in [-0.15, -0.1) is 0 Å². The number of nitriles is 1. The van der Waals surface area contributed by atoms with Gasteiger partial charge in [0.15, 0.2) is 5.82 Å². The van der Waals surface area contributed by atoms with Crippen LogP contribution in [0.3, 0.4) is 0 Å². The van der Waals surface area contributed by atoms with Crippen LogP contribution in [-0.2, 0) is 17.2 Å². The fraction of sp³-hybridized carbons (Fsp3) is 0.316. The van der Waals surface area contributed by atoms with E-state index in [9.17, 15) is 23.5 Å². The third-order valence-corrected chi connectivity index (χ3v) is 4.33. The van der Waals surface area contributed by atoms with E-state index >= 15 is 0 Å². The summed E-state index contributed by atoms with van der Waals surface area (Å²) < 4.78 is 43.7. The quantitative estimate of drug-likeness (QED) is 0.109. The lowest BCUT2D eigenvalue weighted by molar-refractivity contribution is 0.00594. The maximum absolute atomic E-state index is 14.9. The molecule has 13 heteroatoms. The fourth-order valence-electron chi connectivity index (χ4n) is 2.61. The first-order valence-electron chi connectivity index (χ1n) is 9.21. The van der Waals surface area contributed by atoms with Crippen LogP contribution >= 0.6 is 11.6 Å². The minimum absolute atomic E-state index is 0.0119. The van der Waals surface area contributed by atoms with Crippen molar-refractivity contribution in [3.05, 3.63) is 58.1 Å². The SMILES string of the molecule is N#Cc1ccc(NCC(F)(F)c2ccc(Cl)cn2)c(F)c1CC(O)NCCON=C(N)N. The Kier molecular flexibility index (Phi) is 8.89. The number of rotatable bonds is 11. The minimum Gasteiger partial charge on any atom is -0.392 e. The van der Waals surface area contributed by atoms with Crippen molar-refractivity contribution >= 4 is 23.2 Å². The number of halogens is 4.